The summed E-state index contributed by atoms with van der Waals surface area (Å²) >= 11 is 3.56. The molecule has 3 atom stereocenters. The number of amides is 5. The zero-order valence-corrected chi connectivity index (χ0v) is 35.7. The minimum absolute atomic E-state index is 0.0356. The van der Waals surface area contributed by atoms with Crippen LogP contribution < -0.4 is 27.7 Å². The van der Waals surface area contributed by atoms with Gasteiger partial charge in [0.05, 0.1) is 41.9 Å². The van der Waals surface area contributed by atoms with Crippen molar-refractivity contribution < 1.29 is 48.1 Å². The Morgan fingerprint density at radius 3 is 2.47 bits per heavy atom. The standard InChI is InChI=1S/C41H50BrN7O11/c1-6-41(25-16-29-34-22(15-23-26(42)9-7-10-27(23)46-34)18-48(29)36(55)24(25)19-59-38(41)57)60-32(53)17-40(4,5)20-49(28(35(43)54)11-8-14-45-39(44)58)37(56)33(21(2)3)47-30(50)12-13-31(51)52/h7,9-10,15-16,21,28,33H,6,8,11-14,17-20H2,1-5H3,(H2,43,54)(H,47,50)(H,51,52)(H3,44,45,58)/t28-,33-,41-/m0/s1. The van der Waals surface area contributed by atoms with Crippen LogP contribution in [0.15, 0.2) is 39.6 Å². The molecule has 0 aliphatic carbocycles. The molecular weight excluding hydrogens is 846 g/mol. The highest BCUT2D eigenvalue weighted by Crippen LogP contribution is 2.42. The van der Waals surface area contributed by atoms with Crippen LogP contribution in [0.3, 0.4) is 0 Å². The number of halogens is 1. The van der Waals surface area contributed by atoms with Gasteiger partial charge in [0, 0.05) is 40.5 Å². The molecule has 7 N–H and O–H groups in total. The molecule has 0 bridgehead atoms. The molecule has 1 aromatic carbocycles. The molecule has 18 nitrogen and oxygen atoms in total. The van der Waals surface area contributed by atoms with Gasteiger partial charge in [-0.1, -0.05) is 56.6 Å². The molecule has 0 spiro atoms. The average molecular weight is 897 g/mol. The number of aromatic nitrogens is 2. The number of aliphatic carboxylic acids is 1. The molecule has 2 aliphatic rings. The van der Waals surface area contributed by atoms with Crippen LogP contribution in [0.5, 0.6) is 0 Å². The number of pyridine rings is 2. The van der Waals surface area contributed by atoms with Crippen molar-refractivity contribution in [2.75, 3.05) is 13.1 Å². The van der Waals surface area contributed by atoms with Gasteiger partial charge in [0.1, 0.15) is 18.7 Å². The first-order valence-electron chi connectivity index (χ1n) is 19.6. The molecule has 2 aliphatic heterocycles. The Bertz CT molecular complexity index is 2310. The predicted molar refractivity (Wildman–Crippen MR) is 220 cm³/mol. The van der Waals surface area contributed by atoms with Gasteiger partial charge in [-0.2, -0.15) is 0 Å². The third-order valence-electron chi connectivity index (χ3n) is 10.7. The SMILES string of the molecule is CC[C@@]1(OC(=O)CC(C)(C)CN(C(=O)[C@@H](NC(=O)CCC(=O)O)C(C)C)[C@@H](CCCNC(N)=O)C(N)=O)C(=O)OCc2c1cc1n(c2=O)Cc2cc3c(Br)cccc3nc2-1. The van der Waals surface area contributed by atoms with Gasteiger partial charge in [-0.3, -0.25) is 28.8 Å². The van der Waals surface area contributed by atoms with Gasteiger partial charge in [-0.15, -0.1) is 0 Å². The molecule has 322 valence electrons. The fourth-order valence-electron chi connectivity index (χ4n) is 7.72. The summed E-state index contributed by atoms with van der Waals surface area (Å²) in [4.78, 5) is 111. The van der Waals surface area contributed by atoms with E-state index in [1.165, 1.54) is 4.90 Å². The van der Waals surface area contributed by atoms with Gasteiger partial charge in [0.25, 0.3) is 5.56 Å². The summed E-state index contributed by atoms with van der Waals surface area (Å²) in [6.07, 6.45) is -1.26. The number of benzene rings is 1. The van der Waals surface area contributed by atoms with Crippen LogP contribution in [0.25, 0.3) is 22.3 Å². The molecule has 0 fully saturated rings. The largest absolute Gasteiger partial charge is 0.481 e. The van der Waals surface area contributed by atoms with Crippen LogP contribution in [0, 0.1) is 11.3 Å². The van der Waals surface area contributed by atoms with Gasteiger partial charge >= 0.3 is 23.9 Å². The van der Waals surface area contributed by atoms with E-state index in [9.17, 15) is 38.4 Å². The fourth-order valence-corrected chi connectivity index (χ4v) is 8.19. The number of carbonyl (C=O) groups is 7. The molecule has 5 rings (SSSR count). The van der Waals surface area contributed by atoms with E-state index in [1.54, 1.807) is 45.3 Å². The normalized spacial score (nSPS) is 16.5. The van der Waals surface area contributed by atoms with Crippen molar-refractivity contribution in [3.63, 3.8) is 0 Å². The second kappa shape index (κ2) is 18.2. The number of carbonyl (C=O) groups excluding carboxylic acids is 6. The van der Waals surface area contributed by atoms with Crippen molar-refractivity contribution in [1.82, 2.24) is 25.1 Å². The van der Waals surface area contributed by atoms with Crippen LogP contribution in [0.2, 0.25) is 0 Å². The number of urea groups is 1. The smallest absolute Gasteiger partial charge is 0.355 e. The van der Waals surface area contributed by atoms with E-state index in [0.29, 0.717) is 16.9 Å². The highest BCUT2D eigenvalue weighted by atomic mass is 79.9. The summed E-state index contributed by atoms with van der Waals surface area (Å²) < 4.78 is 14.0. The number of hydrogen-bond acceptors (Lipinski definition) is 11. The molecule has 19 heteroatoms. The van der Waals surface area contributed by atoms with E-state index in [1.807, 2.05) is 24.3 Å². The summed E-state index contributed by atoms with van der Waals surface area (Å²) in [5.74, 6) is -5.82. The first-order valence-corrected chi connectivity index (χ1v) is 20.4. The van der Waals surface area contributed by atoms with Gasteiger partial charge in [-0.05, 0) is 54.9 Å². The topological polar surface area (TPSA) is 272 Å². The lowest BCUT2D eigenvalue weighted by Gasteiger charge is -2.40. The van der Waals surface area contributed by atoms with E-state index in [-0.39, 0.29) is 56.6 Å². The number of hydrogen-bond donors (Lipinski definition) is 5. The zero-order valence-electron chi connectivity index (χ0n) is 34.1. The molecule has 0 saturated carbocycles. The van der Waals surface area contributed by atoms with E-state index in [0.717, 1.165) is 15.4 Å². The first kappa shape index (κ1) is 45.2. The first-order chi connectivity index (χ1) is 28.2. The zero-order chi connectivity index (χ0) is 44.3. The molecule has 0 unspecified atom stereocenters. The lowest BCUT2D eigenvalue weighted by atomic mass is 9.84. The summed E-state index contributed by atoms with van der Waals surface area (Å²) in [6.45, 7) is 7.86. The Labute approximate surface area is 353 Å². The summed E-state index contributed by atoms with van der Waals surface area (Å²) in [6, 6.07) is 5.89. The molecule has 60 heavy (non-hydrogen) atoms. The Hall–Kier alpha value is -5.85. The van der Waals surface area contributed by atoms with E-state index >= 15 is 0 Å². The molecule has 0 radical (unpaired) electrons. The lowest BCUT2D eigenvalue weighted by molar-refractivity contribution is -0.190. The predicted octanol–water partition coefficient (Wildman–Crippen LogP) is 2.95. The number of nitrogens with zero attached hydrogens (tertiary/aromatic N) is 3. The lowest BCUT2D eigenvalue weighted by Crippen LogP contribution is -2.59. The maximum absolute atomic E-state index is 14.4. The fraction of sp³-hybridized carbons (Fsp3) is 0.488. The minimum Gasteiger partial charge on any atom is -0.481 e. The molecular formula is C41H50BrN7O11. The van der Waals surface area contributed by atoms with Crippen LogP contribution in [0.4, 0.5) is 4.79 Å². The van der Waals surface area contributed by atoms with Gasteiger partial charge in [0.2, 0.25) is 23.3 Å². The van der Waals surface area contributed by atoms with Crippen LogP contribution in [0.1, 0.15) is 89.8 Å². The number of esters is 2. The number of carboxylic acid groups (broad SMARTS) is 1. The number of nitrogens with one attached hydrogen (secondary N) is 2. The van der Waals surface area contributed by atoms with Crippen LogP contribution >= 0.6 is 15.9 Å². The highest BCUT2D eigenvalue weighted by Gasteiger charge is 2.51. The van der Waals surface area contributed by atoms with Gasteiger partial charge in [-0.25, -0.2) is 14.6 Å². The van der Waals surface area contributed by atoms with Gasteiger partial charge < -0.3 is 46.1 Å². The molecule has 5 amide bonds. The third kappa shape index (κ3) is 9.61. The summed E-state index contributed by atoms with van der Waals surface area (Å²) in [5, 5.41) is 14.9. The molecule has 0 saturated heterocycles. The van der Waals surface area contributed by atoms with Crippen LogP contribution in [-0.4, -0.2) is 86.4 Å². The third-order valence-corrected chi connectivity index (χ3v) is 11.4. The van der Waals surface area contributed by atoms with Crippen molar-refractivity contribution in [1.29, 1.82) is 0 Å². The van der Waals surface area contributed by atoms with Crippen molar-refractivity contribution in [2.24, 2.45) is 22.8 Å². The number of primary amides is 2. The van der Waals surface area contributed by atoms with Crippen molar-refractivity contribution in [3.8, 4) is 11.4 Å². The second-order valence-electron chi connectivity index (χ2n) is 16.2. The number of carboxylic acids is 1. The van der Waals surface area contributed by atoms with E-state index < -0.39 is 95.5 Å². The number of fused-ring (bicyclic) bond motifs is 5. The number of ether oxygens (including phenoxy) is 2. The highest BCUT2D eigenvalue weighted by molar-refractivity contribution is 9.10. The van der Waals surface area contributed by atoms with Gasteiger partial charge in [0.15, 0.2) is 0 Å². The second-order valence-corrected chi connectivity index (χ2v) is 17.0. The Morgan fingerprint density at radius 1 is 1.12 bits per heavy atom. The Kier molecular flexibility index (Phi) is 13.7. The molecule has 3 aromatic rings. The quantitative estimate of drug-likeness (QED) is 0.0713. The number of nitrogens with two attached hydrogens (primary N) is 2. The van der Waals surface area contributed by atoms with Crippen molar-refractivity contribution in [3.05, 3.63) is 61.8 Å². The minimum atomic E-state index is -2.01. The Morgan fingerprint density at radius 2 is 1.83 bits per heavy atom. The maximum atomic E-state index is 14.4. The number of cyclic esters (lactones) is 1. The van der Waals surface area contributed by atoms with Crippen molar-refractivity contribution in [2.45, 2.75) is 104 Å². The van der Waals surface area contributed by atoms with Crippen LogP contribution in [-0.2, 0) is 57.0 Å². The average Bonchev–Trinajstić information content (AvgIpc) is 3.53. The Balaban J connectivity index is 1.46. The van der Waals surface area contributed by atoms with E-state index in [2.05, 4.69) is 26.6 Å². The molecule has 2 aromatic heterocycles. The maximum Gasteiger partial charge on any atom is 0.355 e. The monoisotopic (exact) mass is 895 g/mol. The molecule has 4 heterocycles. The summed E-state index contributed by atoms with van der Waals surface area (Å²) in [7, 11) is 0. The van der Waals surface area contributed by atoms with Crippen molar-refractivity contribution >= 4 is 68.5 Å². The summed E-state index contributed by atoms with van der Waals surface area (Å²) in [5.41, 5.74) is 10.2. The number of rotatable bonds is 18. The van der Waals surface area contributed by atoms with E-state index in [4.69, 9.17) is 31.0 Å².